The molecule has 1 aliphatic heterocycles. The molecule has 7 heteroatoms. The van der Waals surface area contributed by atoms with Crippen LogP contribution in [0, 0.1) is 0 Å². The van der Waals surface area contributed by atoms with Crippen LogP contribution < -0.4 is 14.2 Å². The number of rotatable bonds is 4. The van der Waals surface area contributed by atoms with Crippen LogP contribution in [0.15, 0.2) is 23.1 Å². The van der Waals surface area contributed by atoms with Crippen LogP contribution in [0.2, 0.25) is 0 Å². The van der Waals surface area contributed by atoms with Gasteiger partial charge in [0.2, 0.25) is 10.0 Å². The molecule has 0 amide bonds. The molecule has 17 heavy (non-hydrogen) atoms. The van der Waals surface area contributed by atoms with Crippen LogP contribution >= 0.6 is 11.6 Å². The van der Waals surface area contributed by atoms with Crippen molar-refractivity contribution in [2.75, 3.05) is 25.6 Å². The van der Waals surface area contributed by atoms with Gasteiger partial charge in [-0.1, -0.05) is 0 Å². The second kappa shape index (κ2) is 5.12. The molecular weight excluding hydrogens is 266 g/mol. The minimum atomic E-state index is -3.53. The zero-order chi connectivity index (χ0) is 12.3. The smallest absolute Gasteiger partial charge is 0.240 e. The molecule has 0 bridgehead atoms. The van der Waals surface area contributed by atoms with Crippen molar-refractivity contribution in [2.45, 2.75) is 4.90 Å². The summed E-state index contributed by atoms with van der Waals surface area (Å²) >= 11 is 5.44. The Labute approximate surface area is 105 Å². The van der Waals surface area contributed by atoms with Crippen molar-refractivity contribution in [1.82, 2.24) is 4.72 Å². The highest BCUT2D eigenvalue weighted by molar-refractivity contribution is 7.89. The Hall–Kier alpha value is -0.980. The number of nitrogens with one attached hydrogen (secondary N) is 1. The zero-order valence-corrected chi connectivity index (χ0v) is 10.6. The van der Waals surface area contributed by atoms with E-state index in [2.05, 4.69) is 4.72 Å². The summed E-state index contributed by atoms with van der Waals surface area (Å²) in [5.74, 6) is 1.24. The van der Waals surface area contributed by atoms with Gasteiger partial charge < -0.3 is 9.47 Å². The Balaban J connectivity index is 2.27. The van der Waals surface area contributed by atoms with E-state index >= 15 is 0 Å². The Morgan fingerprint density at radius 1 is 1.24 bits per heavy atom. The van der Waals surface area contributed by atoms with Gasteiger partial charge in [0.15, 0.2) is 11.5 Å². The van der Waals surface area contributed by atoms with E-state index in [1.54, 1.807) is 6.07 Å². The summed E-state index contributed by atoms with van der Waals surface area (Å²) in [6, 6.07) is 4.51. The van der Waals surface area contributed by atoms with Crippen LogP contribution in [0.3, 0.4) is 0 Å². The average molecular weight is 278 g/mol. The van der Waals surface area contributed by atoms with Crippen LogP contribution in [0.5, 0.6) is 11.5 Å². The average Bonchev–Trinajstić information content (AvgIpc) is 2.36. The first-order valence-electron chi connectivity index (χ1n) is 5.09. The lowest BCUT2D eigenvalue weighted by Gasteiger charge is -2.18. The first kappa shape index (κ1) is 12.5. The number of halogens is 1. The first-order chi connectivity index (χ1) is 8.13. The minimum absolute atomic E-state index is 0.145. The molecule has 0 fully saturated rings. The zero-order valence-electron chi connectivity index (χ0n) is 8.98. The van der Waals surface area contributed by atoms with Crippen molar-refractivity contribution in [3.63, 3.8) is 0 Å². The summed E-state index contributed by atoms with van der Waals surface area (Å²) in [4.78, 5) is 0.145. The molecule has 1 aromatic rings. The maximum atomic E-state index is 11.8. The molecular formula is C10H12ClNO4S. The highest BCUT2D eigenvalue weighted by atomic mass is 35.5. The fraction of sp³-hybridized carbons (Fsp3) is 0.400. The van der Waals surface area contributed by atoms with Gasteiger partial charge >= 0.3 is 0 Å². The lowest BCUT2D eigenvalue weighted by atomic mass is 10.3. The summed E-state index contributed by atoms with van der Waals surface area (Å²) in [6.45, 7) is 1.09. The summed E-state index contributed by atoms with van der Waals surface area (Å²) in [7, 11) is -3.53. The second-order valence-electron chi connectivity index (χ2n) is 3.39. The van der Waals surface area contributed by atoms with Gasteiger partial charge in [0.05, 0.1) is 4.90 Å². The minimum Gasteiger partial charge on any atom is -0.486 e. The van der Waals surface area contributed by atoms with E-state index in [4.69, 9.17) is 21.1 Å². The van der Waals surface area contributed by atoms with Gasteiger partial charge in [-0.3, -0.25) is 0 Å². The molecule has 94 valence electrons. The monoisotopic (exact) mass is 277 g/mol. The SMILES string of the molecule is O=S(=O)(NCCCl)c1ccc2c(c1)OCCO2. The van der Waals surface area contributed by atoms with E-state index in [0.717, 1.165) is 0 Å². The third-order valence-electron chi connectivity index (χ3n) is 2.21. The Kier molecular flexibility index (Phi) is 3.76. The van der Waals surface area contributed by atoms with Crippen molar-refractivity contribution in [3.05, 3.63) is 18.2 Å². The molecule has 1 heterocycles. The maximum Gasteiger partial charge on any atom is 0.240 e. The molecule has 1 N–H and O–H groups in total. The van der Waals surface area contributed by atoms with Gasteiger partial charge in [-0.25, -0.2) is 13.1 Å². The number of alkyl halides is 1. The van der Waals surface area contributed by atoms with Gasteiger partial charge in [0.25, 0.3) is 0 Å². The quantitative estimate of drug-likeness (QED) is 0.833. The molecule has 0 atom stereocenters. The summed E-state index contributed by atoms with van der Waals surface area (Å²) < 4.78 is 36.6. The number of ether oxygens (including phenoxy) is 2. The lowest BCUT2D eigenvalue weighted by molar-refractivity contribution is 0.171. The second-order valence-corrected chi connectivity index (χ2v) is 5.54. The van der Waals surface area contributed by atoms with Gasteiger partial charge in [-0.05, 0) is 12.1 Å². The van der Waals surface area contributed by atoms with Crippen molar-refractivity contribution < 1.29 is 17.9 Å². The van der Waals surface area contributed by atoms with Gasteiger partial charge in [-0.15, -0.1) is 11.6 Å². The molecule has 1 aromatic carbocycles. The van der Waals surface area contributed by atoms with E-state index in [9.17, 15) is 8.42 Å². The van der Waals surface area contributed by atoms with Crippen molar-refractivity contribution in [2.24, 2.45) is 0 Å². The predicted octanol–water partition coefficient (Wildman–Crippen LogP) is 0.975. The van der Waals surface area contributed by atoms with Crippen LogP contribution in [0.25, 0.3) is 0 Å². The number of hydrogen-bond donors (Lipinski definition) is 1. The molecule has 0 saturated heterocycles. The summed E-state index contributed by atoms with van der Waals surface area (Å²) in [5, 5.41) is 0. The molecule has 2 rings (SSSR count). The third kappa shape index (κ3) is 2.83. The normalized spacial score (nSPS) is 14.6. The molecule has 0 radical (unpaired) electrons. The molecule has 0 saturated carbocycles. The maximum absolute atomic E-state index is 11.8. The van der Waals surface area contributed by atoms with Crippen LogP contribution in [0.4, 0.5) is 0 Å². The summed E-state index contributed by atoms with van der Waals surface area (Å²) in [6.07, 6.45) is 0. The van der Waals surface area contributed by atoms with Gasteiger partial charge in [0.1, 0.15) is 13.2 Å². The van der Waals surface area contributed by atoms with E-state index in [1.807, 2.05) is 0 Å². The fourth-order valence-electron chi connectivity index (χ4n) is 1.45. The van der Waals surface area contributed by atoms with Gasteiger partial charge in [0, 0.05) is 18.5 Å². The number of fused-ring (bicyclic) bond motifs is 1. The number of benzene rings is 1. The fourth-order valence-corrected chi connectivity index (χ4v) is 2.70. The lowest BCUT2D eigenvalue weighted by Crippen LogP contribution is -2.26. The Morgan fingerprint density at radius 2 is 1.94 bits per heavy atom. The van der Waals surface area contributed by atoms with Crippen molar-refractivity contribution in [3.8, 4) is 11.5 Å². The Morgan fingerprint density at radius 3 is 2.65 bits per heavy atom. The van der Waals surface area contributed by atoms with Crippen molar-refractivity contribution in [1.29, 1.82) is 0 Å². The molecule has 0 unspecified atom stereocenters. The first-order valence-corrected chi connectivity index (χ1v) is 7.10. The van der Waals surface area contributed by atoms with E-state index in [0.29, 0.717) is 24.7 Å². The standard InChI is InChI=1S/C10H12ClNO4S/c11-3-4-12-17(13,14)8-1-2-9-10(7-8)16-6-5-15-9/h1-2,7,12H,3-6H2. The third-order valence-corrected chi connectivity index (χ3v) is 3.86. The van der Waals surface area contributed by atoms with E-state index in [1.165, 1.54) is 12.1 Å². The summed E-state index contributed by atoms with van der Waals surface area (Å²) in [5.41, 5.74) is 0. The molecule has 0 spiro atoms. The van der Waals surface area contributed by atoms with Crippen LogP contribution in [-0.4, -0.2) is 34.1 Å². The largest absolute Gasteiger partial charge is 0.486 e. The highest BCUT2D eigenvalue weighted by Crippen LogP contribution is 2.32. The molecule has 0 aliphatic carbocycles. The molecule has 5 nitrogen and oxygen atoms in total. The van der Waals surface area contributed by atoms with E-state index in [-0.39, 0.29) is 17.3 Å². The Bertz CT molecular complexity index is 503. The molecule has 0 aromatic heterocycles. The van der Waals surface area contributed by atoms with E-state index < -0.39 is 10.0 Å². The van der Waals surface area contributed by atoms with Crippen LogP contribution in [0.1, 0.15) is 0 Å². The van der Waals surface area contributed by atoms with Crippen LogP contribution in [-0.2, 0) is 10.0 Å². The van der Waals surface area contributed by atoms with Gasteiger partial charge in [-0.2, -0.15) is 0 Å². The molecule has 1 aliphatic rings. The number of sulfonamides is 1. The van der Waals surface area contributed by atoms with Crippen molar-refractivity contribution >= 4 is 21.6 Å². The predicted molar refractivity (Wildman–Crippen MR) is 63.3 cm³/mol. The number of hydrogen-bond acceptors (Lipinski definition) is 4. The topological polar surface area (TPSA) is 64.6 Å². The highest BCUT2D eigenvalue weighted by Gasteiger charge is 2.18.